The quantitative estimate of drug-likeness (QED) is 0.660. The molecule has 0 aliphatic heterocycles. The van der Waals surface area contributed by atoms with Crippen LogP contribution < -0.4 is 5.32 Å². The molecule has 1 N–H and O–H groups in total. The molecule has 0 fully saturated rings. The summed E-state index contributed by atoms with van der Waals surface area (Å²) >= 11 is 0. The average molecular weight is 266 g/mol. The number of hydrogen-bond acceptors (Lipinski definition) is 4. The Morgan fingerprint density at radius 2 is 2.32 bits per heavy atom. The molecule has 0 spiro atoms. The number of hydrogen-bond donors (Lipinski definition) is 1. The number of furan rings is 1. The standard InChI is InChI=1S/C15H26N2O2/c1-5-6-17(7-8-18-4)11-15-9-14(12-19-15)10-16-13(2)3/h5,9,12-13,16H,1,6-8,10-11H2,2-4H3. The second kappa shape index (κ2) is 8.91. The molecule has 1 heterocycles. The van der Waals surface area contributed by atoms with E-state index >= 15 is 0 Å². The van der Waals surface area contributed by atoms with Gasteiger partial charge in [0, 0.05) is 38.3 Å². The topological polar surface area (TPSA) is 37.6 Å². The van der Waals surface area contributed by atoms with E-state index in [1.54, 1.807) is 7.11 Å². The van der Waals surface area contributed by atoms with Crippen LogP contribution in [0.15, 0.2) is 29.4 Å². The first kappa shape index (κ1) is 16.0. The highest BCUT2D eigenvalue weighted by Gasteiger charge is 2.08. The number of methoxy groups -OCH3 is 1. The molecule has 0 atom stereocenters. The normalized spacial score (nSPS) is 11.4. The van der Waals surface area contributed by atoms with Gasteiger partial charge in [0.05, 0.1) is 19.4 Å². The van der Waals surface area contributed by atoms with Crippen molar-refractivity contribution in [1.29, 1.82) is 0 Å². The van der Waals surface area contributed by atoms with Crippen molar-refractivity contribution < 1.29 is 9.15 Å². The van der Waals surface area contributed by atoms with Crippen molar-refractivity contribution in [3.8, 4) is 0 Å². The van der Waals surface area contributed by atoms with Crippen molar-refractivity contribution in [3.63, 3.8) is 0 Å². The summed E-state index contributed by atoms with van der Waals surface area (Å²) in [6.07, 6.45) is 3.73. The van der Waals surface area contributed by atoms with Gasteiger partial charge in [0.2, 0.25) is 0 Å². The summed E-state index contributed by atoms with van der Waals surface area (Å²) < 4.78 is 10.7. The van der Waals surface area contributed by atoms with Gasteiger partial charge in [0.25, 0.3) is 0 Å². The molecule has 4 heteroatoms. The molecule has 108 valence electrons. The molecule has 1 aromatic rings. The van der Waals surface area contributed by atoms with Crippen LogP contribution >= 0.6 is 0 Å². The molecule has 0 amide bonds. The average Bonchev–Trinajstić information content (AvgIpc) is 2.81. The molecule has 1 rings (SSSR count). The van der Waals surface area contributed by atoms with E-state index in [-0.39, 0.29) is 0 Å². The Balaban J connectivity index is 2.47. The second-order valence-electron chi connectivity index (χ2n) is 4.97. The van der Waals surface area contributed by atoms with Crippen molar-refractivity contribution >= 4 is 0 Å². The molecule has 1 aromatic heterocycles. The Morgan fingerprint density at radius 1 is 1.53 bits per heavy atom. The maximum Gasteiger partial charge on any atom is 0.118 e. The zero-order valence-electron chi connectivity index (χ0n) is 12.3. The van der Waals surface area contributed by atoms with Crippen molar-refractivity contribution in [2.24, 2.45) is 0 Å². The van der Waals surface area contributed by atoms with Gasteiger partial charge in [-0.3, -0.25) is 4.90 Å². The van der Waals surface area contributed by atoms with Gasteiger partial charge in [0.1, 0.15) is 5.76 Å². The SMILES string of the molecule is C=CCN(CCOC)Cc1cc(CNC(C)C)co1. The van der Waals surface area contributed by atoms with Gasteiger partial charge in [-0.05, 0) is 6.07 Å². The Bertz CT molecular complexity index is 361. The van der Waals surface area contributed by atoms with Gasteiger partial charge in [0.15, 0.2) is 0 Å². The molecule has 0 unspecified atom stereocenters. The maximum absolute atomic E-state index is 5.60. The first-order valence-electron chi connectivity index (χ1n) is 6.77. The lowest BCUT2D eigenvalue weighted by Crippen LogP contribution is -2.27. The minimum absolute atomic E-state index is 0.484. The van der Waals surface area contributed by atoms with Crippen molar-refractivity contribution in [3.05, 3.63) is 36.3 Å². The second-order valence-corrected chi connectivity index (χ2v) is 4.97. The lowest BCUT2D eigenvalue weighted by molar-refractivity contribution is 0.147. The van der Waals surface area contributed by atoms with Crippen molar-refractivity contribution in [1.82, 2.24) is 10.2 Å². The van der Waals surface area contributed by atoms with Crippen LogP contribution in [0.2, 0.25) is 0 Å². The van der Waals surface area contributed by atoms with E-state index in [1.165, 1.54) is 5.56 Å². The van der Waals surface area contributed by atoms with E-state index in [4.69, 9.17) is 9.15 Å². The third kappa shape index (κ3) is 6.57. The van der Waals surface area contributed by atoms with Crippen LogP contribution in [0.3, 0.4) is 0 Å². The highest BCUT2D eigenvalue weighted by atomic mass is 16.5. The Morgan fingerprint density at radius 3 is 2.95 bits per heavy atom. The van der Waals surface area contributed by atoms with Crippen LogP contribution in [0.5, 0.6) is 0 Å². The molecule has 19 heavy (non-hydrogen) atoms. The van der Waals surface area contributed by atoms with Crippen LogP contribution in [0.25, 0.3) is 0 Å². The van der Waals surface area contributed by atoms with Gasteiger partial charge in [-0.15, -0.1) is 6.58 Å². The first-order valence-corrected chi connectivity index (χ1v) is 6.77. The maximum atomic E-state index is 5.60. The Hall–Kier alpha value is -1.10. The Labute approximate surface area is 116 Å². The highest BCUT2D eigenvalue weighted by Crippen LogP contribution is 2.11. The van der Waals surface area contributed by atoms with Gasteiger partial charge >= 0.3 is 0 Å². The fourth-order valence-electron chi connectivity index (χ4n) is 1.78. The van der Waals surface area contributed by atoms with E-state index in [0.29, 0.717) is 6.04 Å². The van der Waals surface area contributed by atoms with Crippen LogP contribution in [-0.4, -0.2) is 37.7 Å². The molecule has 4 nitrogen and oxygen atoms in total. The van der Waals surface area contributed by atoms with Gasteiger partial charge in [-0.25, -0.2) is 0 Å². The molecule has 0 saturated carbocycles. The Kier molecular flexibility index (Phi) is 7.48. The largest absolute Gasteiger partial charge is 0.468 e. The summed E-state index contributed by atoms with van der Waals surface area (Å²) in [6, 6.07) is 2.59. The summed E-state index contributed by atoms with van der Waals surface area (Å²) in [5.74, 6) is 0.985. The lowest BCUT2D eigenvalue weighted by atomic mass is 10.2. The highest BCUT2D eigenvalue weighted by molar-refractivity contribution is 5.12. The third-order valence-corrected chi connectivity index (χ3v) is 2.80. The molecule has 0 aliphatic rings. The summed E-state index contributed by atoms with van der Waals surface area (Å²) in [6.45, 7) is 12.1. The molecule has 0 aromatic carbocycles. The minimum atomic E-state index is 0.484. The summed E-state index contributed by atoms with van der Waals surface area (Å²) in [5.41, 5.74) is 1.19. The molecule has 0 radical (unpaired) electrons. The van der Waals surface area contributed by atoms with Gasteiger partial charge < -0.3 is 14.5 Å². The number of nitrogens with one attached hydrogen (secondary N) is 1. The lowest BCUT2D eigenvalue weighted by Gasteiger charge is -2.18. The van der Waals surface area contributed by atoms with E-state index in [2.05, 4.69) is 36.7 Å². The molecule has 0 saturated heterocycles. The number of nitrogens with zero attached hydrogens (tertiary/aromatic N) is 1. The van der Waals surface area contributed by atoms with Crippen LogP contribution in [0, 0.1) is 0 Å². The molecular formula is C15H26N2O2. The minimum Gasteiger partial charge on any atom is -0.468 e. The number of ether oxygens (including phenoxy) is 1. The van der Waals surface area contributed by atoms with Crippen molar-refractivity contribution in [2.45, 2.75) is 33.0 Å². The number of rotatable bonds is 10. The monoisotopic (exact) mass is 266 g/mol. The van der Waals surface area contributed by atoms with Crippen LogP contribution in [0.4, 0.5) is 0 Å². The van der Waals surface area contributed by atoms with Crippen LogP contribution in [0.1, 0.15) is 25.2 Å². The van der Waals surface area contributed by atoms with Gasteiger partial charge in [-0.2, -0.15) is 0 Å². The van der Waals surface area contributed by atoms with Crippen molar-refractivity contribution in [2.75, 3.05) is 26.8 Å². The zero-order valence-corrected chi connectivity index (χ0v) is 12.3. The summed E-state index contributed by atoms with van der Waals surface area (Å²) in [5, 5.41) is 3.38. The smallest absolute Gasteiger partial charge is 0.118 e. The summed E-state index contributed by atoms with van der Waals surface area (Å²) in [4.78, 5) is 2.25. The fraction of sp³-hybridized carbons (Fsp3) is 0.600. The van der Waals surface area contributed by atoms with Crippen LogP contribution in [-0.2, 0) is 17.8 Å². The zero-order chi connectivity index (χ0) is 14.1. The molecular weight excluding hydrogens is 240 g/mol. The summed E-state index contributed by atoms with van der Waals surface area (Å²) in [7, 11) is 1.72. The first-order chi connectivity index (χ1) is 9.15. The van der Waals surface area contributed by atoms with E-state index in [1.807, 2.05) is 12.3 Å². The van der Waals surface area contributed by atoms with E-state index in [9.17, 15) is 0 Å². The van der Waals surface area contributed by atoms with Gasteiger partial charge in [-0.1, -0.05) is 19.9 Å². The molecule has 0 aliphatic carbocycles. The van der Waals surface area contributed by atoms with E-state index in [0.717, 1.165) is 38.5 Å². The fourth-order valence-corrected chi connectivity index (χ4v) is 1.78. The third-order valence-electron chi connectivity index (χ3n) is 2.80. The van der Waals surface area contributed by atoms with E-state index < -0.39 is 0 Å². The predicted octanol–water partition coefficient (Wildman–Crippen LogP) is 2.41. The molecule has 0 bridgehead atoms. The predicted molar refractivity (Wildman–Crippen MR) is 78.0 cm³/mol.